The van der Waals surface area contributed by atoms with Gasteiger partial charge in [-0.15, -0.1) is 0 Å². The highest BCUT2D eigenvalue weighted by Gasteiger charge is 2.23. The maximum atomic E-state index is 11.5. The smallest absolute Gasteiger partial charge is 0.282 e. The van der Waals surface area contributed by atoms with Gasteiger partial charge in [-0.05, 0) is 18.6 Å². The molecule has 2 rings (SSSR count). The van der Waals surface area contributed by atoms with E-state index in [-0.39, 0.29) is 26.8 Å². The van der Waals surface area contributed by atoms with E-state index >= 15 is 0 Å². The first kappa shape index (κ1) is 19.0. The van der Waals surface area contributed by atoms with Gasteiger partial charge in [0, 0.05) is 22.7 Å². The predicted molar refractivity (Wildman–Crippen MR) is 94.9 cm³/mol. The van der Waals surface area contributed by atoms with Crippen LogP contribution < -0.4 is 10.0 Å². The molecule has 6 nitrogen and oxygen atoms in total. The molecule has 24 heavy (non-hydrogen) atoms. The summed E-state index contributed by atoms with van der Waals surface area (Å²) in [6.07, 6.45) is 0.394. The number of nitro groups is 1. The molecule has 0 aromatic heterocycles. The van der Waals surface area contributed by atoms with Crippen molar-refractivity contribution in [2.45, 2.75) is 13.3 Å². The van der Waals surface area contributed by atoms with Gasteiger partial charge in [-0.3, -0.25) is 14.7 Å². The van der Waals surface area contributed by atoms with Crippen LogP contribution in [0.1, 0.15) is 12.5 Å². The van der Waals surface area contributed by atoms with Crippen LogP contribution in [0.3, 0.4) is 0 Å². The van der Waals surface area contributed by atoms with Gasteiger partial charge in [-0.25, -0.2) is 0 Å². The van der Waals surface area contributed by atoms with Crippen LogP contribution in [0.4, 0.5) is 5.69 Å². The molecule has 0 bridgehead atoms. The molecule has 0 spiro atoms. The molecule has 2 aromatic carbocycles. The Morgan fingerprint density at radius 2 is 1.79 bits per heavy atom. The van der Waals surface area contributed by atoms with Gasteiger partial charge in [0.2, 0.25) is 8.03 Å². The van der Waals surface area contributed by atoms with Crippen LogP contribution in [0, 0.1) is 10.1 Å². The highest BCUT2D eigenvalue weighted by Crippen LogP contribution is 2.40. The first-order chi connectivity index (χ1) is 11.2. The van der Waals surface area contributed by atoms with E-state index in [1.165, 1.54) is 24.3 Å². The summed E-state index contributed by atoms with van der Waals surface area (Å²) < 4.78 is 17.1. The summed E-state index contributed by atoms with van der Waals surface area (Å²) in [7, 11) is -3.31. The molecule has 0 radical (unpaired) electrons. The van der Waals surface area contributed by atoms with E-state index in [2.05, 4.69) is 0 Å². The number of hydrogen-bond acceptors (Lipinski definition) is 4. The molecule has 0 saturated heterocycles. The van der Waals surface area contributed by atoms with Crippen LogP contribution in [0.25, 0.3) is 0 Å². The third-order valence-electron chi connectivity index (χ3n) is 3.16. The summed E-state index contributed by atoms with van der Waals surface area (Å²) in [6.45, 7) is 1.76. The molecule has 0 aliphatic heterocycles. The minimum Gasteiger partial charge on any atom is -0.454 e. The fourth-order valence-electron chi connectivity index (χ4n) is 2.04. The van der Waals surface area contributed by atoms with Gasteiger partial charge >= 0.3 is 0 Å². The molecule has 0 fully saturated rings. The Morgan fingerprint density at radius 1 is 1.21 bits per heavy atom. The van der Waals surface area contributed by atoms with E-state index in [1.807, 2.05) is 0 Å². The van der Waals surface area contributed by atoms with Crippen molar-refractivity contribution in [3.8, 4) is 11.5 Å². The number of halogens is 3. The zero-order valence-electron chi connectivity index (χ0n) is 12.2. The molecular formula is C14H11Cl3NO5P. The van der Waals surface area contributed by atoms with Gasteiger partial charge in [0.15, 0.2) is 5.75 Å². The third-order valence-corrected chi connectivity index (χ3v) is 4.80. The lowest BCUT2D eigenvalue weighted by Gasteiger charge is -2.14. The van der Waals surface area contributed by atoms with E-state index < -0.39 is 18.6 Å². The average molecular weight is 411 g/mol. The second-order valence-corrected chi connectivity index (χ2v) is 7.09. The van der Waals surface area contributed by atoms with Gasteiger partial charge < -0.3 is 9.63 Å². The number of aryl methyl sites for hydroxylation is 1. The maximum absolute atomic E-state index is 11.5. The lowest BCUT2D eigenvalue weighted by molar-refractivity contribution is -0.383. The monoisotopic (exact) mass is 409 g/mol. The highest BCUT2D eigenvalue weighted by atomic mass is 35.5. The minimum atomic E-state index is -3.31. The first-order valence-electron chi connectivity index (χ1n) is 6.61. The van der Waals surface area contributed by atoms with Gasteiger partial charge in [-0.1, -0.05) is 41.7 Å². The largest absolute Gasteiger partial charge is 0.454 e. The van der Waals surface area contributed by atoms with E-state index in [0.29, 0.717) is 17.0 Å². The van der Waals surface area contributed by atoms with Crippen LogP contribution in [0.5, 0.6) is 11.5 Å². The van der Waals surface area contributed by atoms with Crippen LogP contribution in [0.15, 0.2) is 24.3 Å². The predicted octanol–water partition coefficient (Wildman–Crippen LogP) is 5.00. The van der Waals surface area contributed by atoms with Crippen LogP contribution in [0.2, 0.25) is 15.1 Å². The number of ether oxygens (including phenoxy) is 1. The van der Waals surface area contributed by atoms with Gasteiger partial charge in [0.25, 0.3) is 5.69 Å². The molecule has 10 heteroatoms. The van der Waals surface area contributed by atoms with E-state index in [9.17, 15) is 19.6 Å². The Labute approximate surface area is 152 Å². The summed E-state index contributed by atoms with van der Waals surface area (Å²) in [5.41, 5.74) is 0.0367. The Kier molecular flexibility index (Phi) is 6.12. The van der Waals surface area contributed by atoms with E-state index in [0.717, 1.165) is 0 Å². The maximum Gasteiger partial charge on any atom is 0.282 e. The lowest BCUT2D eigenvalue weighted by atomic mass is 10.1. The molecule has 0 amide bonds. The second kappa shape index (κ2) is 7.72. The Balaban J connectivity index is 2.60. The van der Waals surface area contributed by atoms with Crippen molar-refractivity contribution in [1.29, 1.82) is 0 Å². The summed E-state index contributed by atoms with van der Waals surface area (Å²) in [5.74, 6) is 0.270. The van der Waals surface area contributed by atoms with Gasteiger partial charge in [0.1, 0.15) is 11.1 Å². The lowest BCUT2D eigenvalue weighted by Crippen LogP contribution is -2.08. The van der Waals surface area contributed by atoms with Crippen LogP contribution in [-0.4, -0.2) is 9.82 Å². The highest BCUT2D eigenvalue weighted by molar-refractivity contribution is 7.47. The van der Waals surface area contributed by atoms with Crippen molar-refractivity contribution in [2.24, 2.45) is 0 Å². The van der Waals surface area contributed by atoms with Crippen molar-refractivity contribution < 1.29 is 19.1 Å². The van der Waals surface area contributed by atoms with Crippen molar-refractivity contribution >= 4 is 53.8 Å². The zero-order chi connectivity index (χ0) is 18.0. The second-order valence-electron chi connectivity index (χ2n) is 4.69. The first-order valence-corrected chi connectivity index (χ1v) is 9.10. The van der Waals surface area contributed by atoms with Crippen LogP contribution in [-0.2, 0) is 11.0 Å². The Bertz CT molecular complexity index is 820. The average Bonchev–Trinajstić information content (AvgIpc) is 2.49. The third kappa shape index (κ3) is 4.02. The molecule has 1 unspecified atom stereocenters. The number of nitro benzene ring substituents is 1. The molecule has 128 valence electrons. The van der Waals surface area contributed by atoms with Crippen molar-refractivity contribution in [1.82, 2.24) is 0 Å². The topological polar surface area (TPSA) is 89.7 Å². The van der Waals surface area contributed by atoms with Crippen molar-refractivity contribution in [2.75, 3.05) is 0 Å². The normalized spacial score (nSPS) is 12.0. The molecule has 0 aliphatic rings. The fraction of sp³-hybridized carbons (Fsp3) is 0.143. The molecule has 0 heterocycles. The summed E-state index contributed by atoms with van der Waals surface area (Å²) in [5, 5.41) is 11.4. The number of hydrogen-bond donors (Lipinski definition) is 1. The number of nitrogens with zero attached hydrogens (tertiary/aromatic N) is 1. The van der Waals surface area contributed by atoms with Crippen molar-refractivity contribution in [3.05, 3.63) is 55.0 Å². The SMILES string of the molecule is CCc1cc([N+](=O)[O-])c([PH](=O)O)cc1Oc1c(Cl)cc(Cl)cc1Cl. The minimum absolute atomic E-state index is 0.106. The van der Waals surface area contributed by atoms with Gasteiger partial charge in [0.05, 0.1) is 15.0 Å². The number of benzene rings is 2. The standard InChI is InChI=1S/C14H11Cl3NO5P/c1-2-7-3-11(18(19)20)13(24(21)22)6-12(7)23-14-9(16)4-8(15)5-10(14)17/h3-6,24H,2H2,1H3,(H,21,22). The zero-order valence-corrected chi connectivity index (χ0v) is 15.4. The molecular weight excluding hydrogens is 399 g/mol. The van der Waals surface area contributed by atoms with E-state index in [4.69, 9.17) is 39.5 Å². The van der Waals surface area contributed by atoms with Crippen molar-refractivity contribution in [3.63, 3.8) is 0 Å². The molecule has 0 saturated carbocycles. The summed E-state index contributed by atoms with van der Waals surface area (Å²) in [4.78, 5) is 19.7. The molecule has 0 aliphatic carbocycles. The van der Waals surface area contributed by atoms with E-state index in [1.54, 1.807) is 6.92 Å². The molecule has 2 aromatic rings. The summed E-state index contributed by atoms with van der Waals surface area (Å²) >= 11 is 18.0. The van der Waals surface area contributed by atoms with Gasteiger partial charge in [-0.2, -0.15) is 0 Å². The molecule has 1 atom stereocenters. The molecule has 1 N–H and O–H groups in total. The fourth-order valence-corrected chi connectivity index (χ4v) is 3.57. The Morgan fingerprint density at radius 3 is 2.25 bits per heavy atom. The van der Waals surface area contributed by atoms with Crippen LogP contribution >= 0.6 is 42.8 Å². The summed E-state index contributed by atoms with van der Waals surface area (Å²) in [6, 6.07) is 5.23. The quantitative estimate of drug-likeness (QED) is 0.425. The Hall–Kier alpha value is -1.30. The number of rotatable bonds is 5.